The third kappa shape index (κ3) is 1.77. The molecule has 0 aliphatic rings. The number of hydrogen-bond donors (Lipinski definition) is 0. The minimum atomic E-state index is -0.0736. The van der Waals surface area contributed by atoms with E-state index in [1.807, 2.05) is 0 Å². The van der Waals surface area contributed by atoms with Crippen LogP contribution in [0.2, 0.25) is 0 Å². The summed E-state index contributed by atoms with van der Waals surface area (Å²) in [6, 6.07) is 5.24. The molecule has 0 unspecified atom stereocenters. The van der Waals surface area contributed by atoms with Gasteiger partial charge in [-0.15, -0.1) is 0 Å². The lowest BCUT2D eigenvalue weighted by molar-refractivity contribution is 0.409. The first-order chi connectivity index (χ1) is 6.77. The first-order valence-electron chi connectivity index (χ1n) is 4.01. The Bertz CT molecular complexity index is 476. The molecule has 4 nitrogen and oxygen atoms in total. The first-order valence-corrected chi connectivity index (χ1v) is 4.81. The molecule has 0 saturated heterocycles. The van der Waals surface area contributed by atoms with Crippen LogP contribution in [0.25, 0.3) is 0 Å². The van der Waals surface area contributed by atoms with Crippen molar-refractivity contribution < 1.29 is 4.52 Å². The van der Waals surface area contributed by atoms with Crippen molar-refractivity contribution >= 4 is 15.9 Å². The van der Waals surface area contributed by atoms with E-state index >= 15 is 0 Å². The maximum atomic E-state index is 11.6. The normalized spacial score (nSPS) is 10.4. The van der Waals surface area contributed by atoms with Crippen LogP contribution in [-0.2, 0) is 6.54 Å². The molecule has 0 aromatic carbocycles. The number of pyridine rings is 1. The zero-order valence-corrected chi connectivity index (χ0v) is 8.77. The fourth-order valence-corrected chi connectivity index (χ4v) is 1.51. The van der Waals surface area contributed by atoms with Crippen LogP contribution in [0.4, 0.5) is 0 Å². The molecule has 0 amide bonds. The van der Waals surface area contributed by atoms with Crippen LogP contribution in [-0.4, -0.2) is 9.72 Å². The Labute approximate surface area is 88.3 Å². The highest BCUT2D eigenvalue weighted by molar-refractivity contribution is 9.10. The minimum absolute atomic E-state index is 0.0736. The van der Waals surface area contributed by atoms with Crippen molar-refractivity contribution in [3.8, 4) is 0 Å². The highest BCUT2D eigenvalue weighted by atomic mass is 79.9. The molecule has 0 radical (unpaired) electrons. The summed E-state index contributed by atoms with van der Waals surface area (Å²) in [4.78, 5) is 11.6. The molecule has 2 aromatic heterocycles. The van der Waals surface area contributed by atoms with Crippen molar-refractivity contribution in [2.45, 2.75) is 6.54 Å². The summed E-state index contributed by atoms with van der Waals surface area (Å²) < 4.78 is 6.78. The van der Waals surface area contributed by atoms with Gasteiger partial charge >= 0.3 is 0 Å². The third-order valence-electron chi connectivity index (χ3n) is 1.80. The largest absolute Gasteiger partial charge is 0.364 e. The van der Waals surface area contributed by atoms with Gasteiger partial charge in [0.05, 0.1) is 11.0 Å². The summed E-state index contributed by atoms with van der Waals surface area (Å²) >= 11 is 3.17. The molecule has 72 valence electrons. The molecule has 5 heteroatoms. The first kappa shape index (κ1) is 9.21. The SMILES string of the molecule is O=c1c(Br)cccn1Cc1ccon1. The van der Waals surface area contributed by atoms with Crippen molar-refractivity contribution in [3.05, 3.63) is 51.2 Å². The lowest BCUT2D eigenvalue weighted by Crippen LogP contribution is -2.20. The second kappa shape index (κ2) is 3.79. The van der Waals surface area contributed by atoms with Gasteiger partial charge in [-0.25, -0.2) is 0 Å². The van der Waals surface area contributed by atoms with E-state index in [-0.39, 0.29) is 5.56 Å². The predicted octanol–water partition coefficient (Wildman–Crippen LogP) is 1.65. The zero-order valence-electron chi connectivity index (χ0n) is 7.18. The van der Waals surface area contributed by atoms with Gasteiger partial charge in [-0.2, -0.15) is 0 Å². The van der Waals surface area contributed by atoms with E-state index in [9.17, 15) is 4.79 Å². The third-order valence-corrected chi connectivity index (χ3v) is 2.40. The molecule has 0 saturated carbocycles. The molecule has 0 aliphatic heterocycles. The fraction of sp³-hybridized carbons (Fsp3) is 0.111. The monoisotopic (exact) mass is 254 g/mol. The van der Waals surface area contributed by atoms with Gasteiger partial charge in [-0.3, -0.25) is 4.79 Å². The number of rotatable bonds is 2. The van der Waals surface area contributed by atoms with Gasteiger partial charge in [0.1, 0.15) is 12.0 Å². The molecule has 2 aromatic rings. The van der Waals surface area contributed by atoms with Gasteiger partial charge in [0.25, 0.3) is 5.56 Å². The van der Waals surface area contributed by atoms with Crippen molar-refractivity contribution in [2.75, 3.05) is 0 Å². The minimum Gasteiger partial charge on any atom is -0.364 e. The van der Waals surface area contributed by atoms with Crippen LogP contribution >= 0.6 is 15.9 Å². The highest BCUT2D eigenvalue weighted by Crippen LogP contribution is 2.02. The summed E-state index contributed by atoms with van der Waals surface area (Å²) in [7, 11) is 0. The maximum absolute atomic E-state index is 11.6. The summed E-state index contributed by atoms with van der Waals surface area (Å²) in [5.74, 6) is 0. The Morgan fingerprint density at radius 2 is 2.36 bits per heavy atom. The average molecular weight is 255 g/mol. The summed E-state index contributed by atoms with van der Waals surface area (Å²) in [5, 5.41) is 3.73. The topological polar surface area (TPSA) is 48.0 Å². The maximum Gasteiger partial charge on any atom is 0.265 e. The van der Waals surface area contributed by atoms with Crippen LogP contribution in [0.5, 0.6) is 0 Å². The van der Waals surface area contributed by atoms with E-state index in [2.05, 4.69) is 25.6 Å². The highest BCUT2D eigenvalue weighted by Gasteiger charge is 2.02. The summed E-state index contributed by atoms with van der Waals surface area (Å²) in [6.45, 7) is 0.425. The Hall–Kier alpha value is -1.36. The summed E-state index contributed by atoms with van der Waals surface area (Å²) in [5.41, 5.74) is 0.653. The van der Waals surface area contributed by atoms with Gasteiger partial charge < -0.3 is 9.09 Å². The van der Waals surface area contributed by atoms with Gasteiger partial charge in [-0.05, 0) is 28.1 Å². The van der Waals surface area contributed by atoms with Crippen LogP contribution < -0.4 is 5.56 Å². The molecule has 0 atom stereocenters. The van der Waals surface area contributed by atoms with Crippen LogP contribution in [0, 0.1) is 0 Å². The van der Waals surface area contributed by atoms with E-state index < -0.39 is 0 Å². The lowest BCUT2D eigenvalue weighted by atomic mass is 10.4. The number of nitrogens with zero attached hydrogens (tertiary/aromatic N) is 2. The van der Waals surface area contributed by atoms with Crippen molar-refractivity contribution in [2.24, 2.45) is 0 Å². The van der Waals surface area contributed by atoms with Crippen molar-refractivity contribution in [1.82, 2.24) is 9.72 Å². The number of aromatic nitrogens is 2. The predicted molar refractivity (Wildman–Crippen MR) is 54.0 cm³/mol. The van der Waals surface area contributed by atoms with Crippen molar-refractivity contribution in [1.29, 1.82) is 0 Å². The van der Waals surface area contributed by atoms with Gasteiger partial charge in [0, 0.05) is 12.3 Å². The number of halogens is 1. The average Bonchev–Trinajstić information content (AvgIpc) is 2.66. The second-order valence-electron chi connectivity index (χ2n) is 2.78. The molecule has 0 bridgehead atoms. The van der Waals surface area contributed by atoms with E-state index in [4.69, 9.17) is 0 Å². The molecule has 2 rings (SSSR count). The van der Waals surface area contributed by atoms with Crippen molar-refractivity contribution in [3.63, 3.8) is 0 Å². The van der Waals surface area contributed by atoms with E-state index in [0.717, 1.165) is 5.69 Å². The van der Waals surface area contributed by atoms with Gasteiger partial charge in [0.2, 0.25) is 0 Å². The smallest absolute Gasteiger partial charge is 0.265 e. The molecular weight excluding hydrogens is 248 g/mol. The lowest BCUT2D eigenvalue weighted by Gasteiger charge is -2.01. The summed E-state index contributed by atoms with van der Waals surface area (Å²) in [6.07, 6.45) is 3.19. The Balaban J connectivity index is 2.34. The Morgan fingerprint density at radius 3 is 3.07 bits per heavy atom. The Kier molecular flexibility index (Phi) is 2.49. The zero-order chi connectivity index (χ0) is 9.97. The molecule has 0 N–H and O–H groups in total. The molecule has 0 fully saturated rings. The molecular formula is C9H7BrN2O2. The molecule has 0 aliphatic carbocycles. The number of hydrogen-bond acceptors (Lipinski definition) is 3. The van der Waals surface area contributed by atoms with Crippen LogP contribution in [0.15, 0.2) is 44.4 Å². The van der Waals surface area contributed by atoms with E-state index in [0.29, 0.717) is 11.0 Å². The second-order valence-corrected chi connectivity index (χ2v) is 3.63. The van der Waals surface area contributed by atoms with Crippen LogP contribution in [0.1, 0.15) is 5.69 Å². The molecule has 2 heterocycles. The standard InChI is InChI=1S/C9H7BrN2O2/c10-8-2-1-4-12(9(8)13)6-7-3-5-14-11-7/h1-5H,6H2. The quantitative estimate of drug-likeness (QED) is 0.819. The Morgan fingerprint density at radius 1 is 1.50 bits per heavy atom. The van der Waals surface area contributed by atoms with E-state index in [1.54, 1.807) is 29.0 Å². The molecule has 0 spiro atoms. The van der Waals surface area contributed by atoms with Gasteiger partial charge in [-0.1, -0.05) is 5.16 Å². The fourth-order valence-electron chi connectivity index (χ4n) is 1.13. The van der Waals surface area contributed by atoms with E-state index in [1.165, 1.54) is 6.26 Å². The van der Waals surface area contributed by atoms with Crippen LogP contribution in [0.3, 0.4) is 0 Å². The van der Waals surface area contributed by atoms with Gasteiger partial charge in [0.15, 0.2) is 0 Å². The molecule has 14 heavy (non-hydrogen) atoms.